The number of carboxylic acids is 1. The van der Waals surface area contributed by atoms with E-state index >= 15 is 0 Å². The Hall–Kier alpha value is -1.52. The van der Waals surface area contributed by atoms with Gasteiger partial charge in [0.15, 0.2) is 5.75 Å². The van der Waals surface area contributed by atoms with Gasteiger partial charge in [-0.2, -0.15) is 5.10 Å². The molecule has 0 spiro atoms. The van der Waals surface area contributed by atoms with Crippen LogP contribution in [-0.4, -0.2) is 27.0 Å². The first-order valence-electron chi connectivity index (χ1n) is 5.02. The molecule has 84 valence electrons. The summed E-state index contributed by atoms with van der Waals surface area (Å²) in [7, 11) is 0. The molecule has 0 aromatic carbocycles. The Labute approximate surface area is 88.7 Å². The first-order valence-corrected chi connectivity index (χ1v) is 5.02. The number of ether oxygens (including phenoxy) is 1. The van der Waals surface area contributed by atoms with E-state index in [1.807, 2.05) is 0 Å². The largest absolute Gasteiger partial charge is 0.487 e. The number of hydrogen-bond donors (Lipinski definition) is 1. The summed E-state index contributed by atoms with van der Waals surface area (Å²) < 4.78 is 7.17. The van der Waals surface area contributed by atoms with Crippen LogP contribution in [0, 0.1) is 0 Å². The molecule has 0 saturated carbocycles. The molecule has 0 aliphatic rings. The minimum absolute atomic E-state index is 0.00103. The first-order chi connectivity index (χ1) is 7.11. The average molecular weight is 212 g/mol. The van der Waals surface area contributed by atoms with Crippen LogP contribution in [0.4, 0.5) is 0 Å². The van der Waals surface area contributed by atoms with Crippen molar-refractivity contribution in [3.63, 3.8) is 0 Å². The SMILES string of the molecule is CCCn1cc(O[C@H](C)CC(=O)O)cn1. The number of carbonyl (C=O) groups is 1. The zero-order valence-electron chi connectivity index (χ0n) is 9.01. The molecule has 0 aliphatic heterocycles. The average Bonchev–Trinajstić information content (AvgIpc) is 2.51. The van der Waals surface area contributed by atoms with Gasteiger partial charge in [0, 0.05) is 6.54 Å². The van der Waals surface area contributed by atoms with Gasteiger partial charge in [0.05, 0.1) is 18.8 Å². The number of hydrogen-bond acceptors (Lipinski definition) is 3. The van der Waals surface area contributed by atoms with Crippen molar-refractivity contribution in [3.8, 4) is 5.75 Å². The molecule has 1 N–H and O–H groups in total. The van der Waals surface area contributed by atoms with Gasteiger partial charge in [0.2, 0.25) is 0 Å². The zero-order valence-corrected chi connectivity index (χ0v) is 9.01. The number of nitrogens with zero attached hydrogens (tertiary/aromatic N) is 2. The molecule has 5 heteroatoms. The molecule has 5 nitrogen and oxygen atoms in total. The smallest absolute Gasteiger partial charge is 0.307 e. The van der Waals surface area contributed by atoms with E-state index < -0.39 is 5.97 Å². The van der Waals surface area contributed by atoms with Crippen molar-refractivity contribution >= 4 is 5.97 Å². The molecule has 0 aliphatic carbocycles. The highest BCUT2D eigenvalue weighted by atomic mass is 16.5. The molecule has 1 rings (SSSR count). The minimum atomic E-state index is -0.858. The fraction of sp³-hybridized carbons (Fsp3) is 0.600. The van der Waals surface area contributed by atoms with Crippen molar-refractivity contribution < 1.29 is 14.6 Å². The Morgan fingerprint density at radius 1 is 1.73 bits per heavy atom. The van der Waals surface area contributed by atoms with E-state index in [1.54, 1.807) is 24.0 Å². The molecule has 1 aromatic rings. The molecule has 1 atom stereocenters. The summed E-state index contributed by atoms with van der Waals surface area (Å²) in [4.78, 5) is 10.4. The lowest BCUT2D eigenvalue weighted by molar-refractivity contribution is -0.138. The molecule has 1 heterocycles. The molecule has 0 amide bonds. The van der Waals surface area contributed by atoms with Crippen molar-refractivity contribution in [3.05, 3.63) is 12.4 Å². The standard InChI is InChI=1S/C10H16N2O3/c1-3-4-12-7-9(6-11-12)15-8(2)5-10(13)14/h6-8H,3-5H2,1-2H3,(H,13,14)/t8-/m1/s1. The molecular formula is C10H16N2O3. The van der Waals surface area contributed by atoms with E-state index in [0.29, 0.717) is 5.75 Å². The summed E-state index contributed by atoms with van der Waals surface area (Å²) in [5, 5.41) is 12.6. The summed E-state index contributed by atoms with van der Waals surface area (Å²) in [6, 6.07) is 0. The summed E-state index contributed by atoms with van der Waals surface area (Å²) in [6.45, 7) is 4.64. The van der Waals surface area contributed by atoms with Gasteiger partial charge in [-0.05, 0) is 13.3 Å². The quantitative estimate of drug-likeness (QED) is 0.776. The maximum Gasteiger partial charge on any atom is 0.307 e. The highest BCUT2D eigenvalue weighted by molar-refractivity contribution is 5.67. The van der Waals surface area contributed by atoms with Gasteiger partial charge in [-0.1, -0.05) is 6.92 Å². The third kappa shape index (κ3) is 4.01. The summed E-state index contributed by atoms with van der Waals surface area (Å²) in [5.74, 6) is -0.236. The lowest BCUT2D eigenvalue weighted by atomic mass is 10.3. The monoisotopic (exact) mass is 212 g/mol. The molecule has 0 saturated heterocycles. The van der Waals surface area contributed by atoms with Crippen LogP contribution < -0.4 is 4.74 Å². The second-order valence-corrected chi connectivity index (χ2v) is 3.47. The lowest BCUT2D eigenvalue weighted by Gasteiger charge is -2.09. The Morgan fingerprint density at radius 3 is 3.07 bits per heavy atom. The van der Waals surface area contributed by atoms with Crippen molar-refractivity contribution in [2.24, 2.45) is 0 Å². The van der Waals surface area contributed by atoms with E-state index in [0.717, 1.165) is 13.0 Å². The van der Waals surface area contributed by atoms with Crippen LogP contribution in [0.5, 0.6) is 5.75 Å². The zero-order chi connectivity index (χ0) is 11.3. The number of aromatic nitrogens is 2. The van der Waals surface area contributed by atoms with Gasteiger partial charge in [-0.3, -0.25) is 9.48 Å². The fourth-order valence-electron chi connectivity index (χ4n) is 1.28. The number of aliphatic carboxylic acids is 1. The van der Waals surface area contributed by atoms with Crippen LogP contribution >= 0.6 is 0 Å². The number of carboxylic acid groups (broad SMARTS) is 1. The third-order valence-electron chi connectivity index (χ3n) is 1.86. The van der Waals surface area contributed by atoms with Crippen molar-refractivity contribution in [1.82, 2.24) is 9.78 Å². The summed E-state index contributed by atoms with van der Waals surface area (Å²) >= 11 is 0. The van der Waals surface area contributed by atoms with Crippen LogP contribution in [-0.2, 0) is 11.3 Å². The maximum atomic E-state index is 10.4. The topological polar surface area (TPSA) is 64.3 Å². The van der Waals surface area contributed by atoms with Gasteiger partial charge in [-0.25, -0.2) is 0 Å². The second-order valence-electron chi connectivity index (χ2n) is 3.47. The minimum Gasteiger partial charge on any atom is -0.487 e. The van der Waals surface area contributed by atoms with Crippen molar-refractivity contribution in [2.75, 3.05) is 0 Å². The van der Waals surface area contributed by atoms with Gasteiger partial charge in [0.25, 0.3) is 0 Å². The number of aryl methyl sites for hydroxylation is 1. The van der Waals surface area contributed by atoms with Crippen LogP contribution in [0.2, 0.25) is 0 Å². The van der Waals surface area contributed by atoms with E-state index in [4.69, 9.17) is 9.84 Å². The summed E-state index contributed by atoms with van der Waals surface area (Å²) in [6.07, 6.45) is 4.06. The molecule has 0 unspecified atom stereocenters. The Bertz CT molecular complexity index is 322. The van der Waals surface area contributed by atoms with Crippen LogP contribution in [0.15, 0.2) is 12.4 Å². The van der Waals surface area contributed by atoms with Crippen LogP contribution in [0.25, 0.3) is 0 Å². The fourth-order valence-corrected chi connectivity index (χ4v) is 1.28. The molecule has 0 bridgehead atoms. The van der Waals surface area contributed by atoms with E-state index in [2.05, 4.69) is 12.0 Å². The van der Waals surface area contributed by atoms with Gasteiger partial charge in [-0.15, -0.1) is 0 Å². The molecule has 0 fully saturated rings. The molecule has 0 radical (unpaired) electrons. The lowest BCUT2D eigenvalue weighted by Crippen LogP contribution is -2.16. The Kier molecular flexibility index (Phi) is 4.15. The van der Waals surface area contributed by atoms with Gasteiger partial charge in [0.1, 0.15) is 6.10 Å². The predicted molar refractivity (Wildman–Crippen MR) is 54.9 cm³/mol. The maximum absolute atomic E-state index is 10.4. The number of rotatable bonds is 6. The Balaban J connectivity index is 2.45. The van der Waals surface area contributed by atoms with Crippen LogP contribution in [0.3, 0.4) is 0 Å². The van der Waals surface area contributed by atoms with Crippen molar-refractivity contribution in [1.29, 1.82) is 0 Å². The Morgan fingerprint density at radius 2 is 2.47 bits per heavy atom. The highest BCUT2D eigenvalue weighted by Gasteiger charge is 2.09. The molecular weight excluding hydrogens is 196 g/mol. The third-order valence-corrected chi connectivity index (χ3v) is 1.86. The van der Waals surface area contributed by atoms with E-state index in [-0.39, 0.29) is 12.5 Å². The van der Waals surface area contributed by atoms with Gasteiger partial charge < -0.3 is 9.84 Å². The summed E-state index contributed by atoms with van der Waals surface area (Å²) in [5.41, 5.74) is 0. The normalized spacial score (nSPS) is 12.4. The highest BCUT2D eigenvalue weighted by Crippen LogP contribution is 2.12. The first kappa shape index (κ1) is 11.6. The second kappa shape index (κ2) is 5.38. The predicted octanol–water partition coefficient (Wildman–Crippen LogP) is 1.54. The van der Waals surface area contributed by atoms with E-state index in [9.17, 15) is 4.79 Å². The van der Waals surface area contributed by atoms with Crippen molar-refractivity contribution in [2.45, 2.75) is 39.3 Å². The molecule has 15 heavy (non-hydrogen) atoms. The van der Waals surface area contributed by atoms with Gasteiger partial charge >= 0.3 is 5.97 Å². The molecule has 1 aromatic heterocycles. The van der Waals surface area contributed by atoms with E-state index in [1.165, 1.54) is 0 Å². The van der Waals surface area contributed by atoms with Crippen LogP contribution in [0.1, 0.15) is 26.7 Å².